The molecule has 2 rings (SSSR count). The fourth-order valence-corrected chi connectivity index (χ4v) is 1.98. The summed E-state index contributed by atoms with van der Waals surface area (Å²) < 4.78 is 15.4. The van der Waals surface area contributed by atoms with Crippen molar-refractivity contribution >= 4 is 5.91 Å². The van der Waals surface area contributed by atoms with E-state index in [1.807, 2.05) is 24.3 Å². The predicted octanol–water partition coefficient (Wildman–Crippen LogP) is 2.05. The second-order valence-corrected chi connectivity index (χ2v) is 4.79. The fourth-order valence-electron chi connectivity index (χ4n) is 1.98. The Hall–Kier alpha value is -2.34. The third-order valence-electron chi connectivity index (χ3n) is 3.10. The quantitative estimate of drug-likeness (QED) is 0.756. The Balaban J connectivity index is 1.92. The SMILES string of the molecule is COCCCNC(=O)Cc1cc(-c2cccc(OC)c2)on1. The van der Waals surface area contributed by atoms with Crippen LogP contribution in [-0.4, -0.2) is 38.4 Å². The van der Waals surface area contributed by atoms with Crippen LogP contribution in [0.3, 0.4) is 0 Å². The molecule has 1 amide bonds. The molecular weight excluding hydrogens is 284 g/mol. The number of rotatable bonds is 8. The van der Waals surface area contributed by atoms with Gasteiger partial charge in [0.1, 0.15) is 5.75 Å². The Kier molecular flexibility index (Phi) is 5.97. The van der Waals surface area contributed by atoms with Gasteiger partial charge in [0.2, 0.25) is 5.91 Å². The standard InChI is InChI=1S/C16H20N2O4/c1-20-8-4-7-17-16(19)11-13-10-15(22-18-13)12-5-3-6-14(9-12)21-2/h3,5-6,9-10H,4,7-8,11H2,1-2H3,(H,17,19). The Morgan fingerprint density at radius 1 is 1.32 bits per heavy atom. The number of benzene rings is 1. The van der Waals surface area contributed by atoms with Crippen molar-refractivity contribution in [1.29, 1.82) is 0 Å². The average Bonchev–Trinajstić information content (AvgIpc) is 3.00. The van der Waals surface area contributed by atoms with Crippen LogP contribution in [0.15, 0.2) is 34.9 Å². The minimum absolute atomic E-state index is 0.0819. The molecule has 1 heterocycles. The molecule has 6 nitrogen and oxygen atoms in total. The maximum atomic E-state index is 11.8. The molecule has 0 saturated carbocycles. The molecule has 118 valence electrons. The molecule has 1 aromatic heterocycles. The summed E-state index contributed by atoms with van der Waals surface area (Å²) in [4.78, 5) is 11.8. The van der Waals surface area contributed by atoms with Crippen molar-refractivity contribution in [2.24, 2.45) is 0 Å². The number of methoxy groups -OCH3 is 2. The van der Waals surface area contributed by atoms with Crippen LogP contribution in [0.1, 0.15) is 12.1 Å². The van der Waals surface area contributed by atoms with Crippen LogP contribution in [0.2, 0.25) is 0 Å². The fraction of sp³-hybridized carbons (Fsp3) is 0.375. The van der Waals surface area contributed by atoms with E-state index in [1.54, 1.807) is 20.3 Å². The highest BCUT2D eigenvalue weighted by Crippen LogP contribution is 2.24. The molecule has 1 N–H and O–H groups in total. The van der Waals surface area contributed by atoms with Crippen molar-refractivity contribution in [3.05, 3.63) is 36.0 Å². The highest BCUT2D eigenvalue weighted by atomic mass is 16.5. The van der Waals surface area contributed by atoms with E-state index in [1.165, 1.54) is 0 Å². The van der Waals surface area contributed by atoms with Crippen molar-refractivity contribution in [1.82, 2.24) is 10.5 Å². The van der Waals surface area contributed by atoms with Gasteiger partial charge in [0.05, 0.1) is 19.2 Å². The zero-order valence-electron chi connectivity index (χ0n) is 12.8. The molecule has 22 heavy (non-hydrogen) atoms. The maximum Gasteiger partial charge on any atom is 0.226 e. The number of hydrogen-bond donors (Lipinski definition) is 1. The highest BCUT2D eigenvalue weighted by molar-refractivity contribution is 5.78. The lowest BCUT2D eigenvalue weighted by Gasteiger charge is -2.02. The third-order valence-corrected chi connectivity index (χ3v) is 3.10. The number of aromatic nitrogens is 1. The zero-order valence-corrected chi connectivity index (χ0v) is 12.8. The Morgan fingerprint density at radius 2 is 2.18 bits per heavy atom. The highest BCUT2D eigenvalue weighted by Gasteiger charge is 2.11. The minimum atomic E-state index is -0.0819. The van der Waals surface area contributed by atoms with E-state index in [0.29, 0.717) is 24.6 Å². The van der Waals surface area contributed by atoms with Crippen molar-refractivity contribution in [3.8, 4) is 17.1 Å². The molecule has 0 atom stereocenters. The third kappa shape index (κ3) is 4.60. The number of nitrogens with zero attached hydrogens (tertiary/aromatic N) is 1. The van der Waals surface area contributed by atoms with E-state index >= 15 is 0 Å². The van der Waals surface area contributed by atoms with Crippen LogP contribution in [0.5, 0.6) is 5.75 Å². The molecule has 0 spiro atoms. The molecule has 6 heteroatoms. The lowest BCUT2D eigenvalue weighted by molar-refractivity contribution is -0.120. The van der Waals surface area contributed by atoms with Gasteiger partial charge in [-0.3, -0.25) is 4.79 Å². The second-order valence-electron chi connectivity index (χ2n) is 4.79. The van der Waals surface area contributed by atoms with Gasteiger partial charge in [0, 0.05) is 31.9 Å². The van der Waals surface area contributed by atoms with Crippen LogP contribution in [0.4, 0.5) is 0 Å². The first-order valence-electron chi connectivity index (χ1n) is 7.08. The lowest BCUT2D eigenvalue weighted by atomic mass is 10.1. The van der Waals surface area contributed by atoms with Gasteiger partial charge in [-0.25, -0.2) is 0 Å². The molecule has 0 aliphatic rings. The molecule has 0 unspecified atom stereocenters. The summed E-state index contributed by atoms with van der Waals surface area (Å²) in [7, 11) is 3.25. The van der Waals surface area contributed by atoms with Crippen LogP contribution >= 0.6 is 0 Å². The van der Waals surface area contributed by atoms with Crippen molar-refractivity contribution in [3.63, 3.8) is 0 Å². The Morgan fingerprint density at radius 3 is 2.95 bits per heavy atom. The van der Waals surface area contributed by atoms with E-state index < -0.39 is 0 Å². The summed E-state index contributed by atoms with van der Waals surface area (Å²) in [6, 6.07) is 9.25. The first-order chi connectivity index (χ1) is 10.7. The number of carbonyl (C=O) groups excluding carboxylic acids is 1. The van der Waals surface area contributed by atoms with Crippen LogP contribution in [0, 0.1) is 0 Å². The summed E-state index contributed by atoms with van der Waals surface area (Å²) in [5.74, 6) is 1.27. The monoisotopic (exact) mass is 304 g/mol. The summed E-state index contributed by atoms with van der Waals surface area (Å²) in [6.45, 7) is 1.22. The summed E-state index contributed by atoms with van der Waals surface area (Å²) >= 11 is 0. The van der Waals surface area contributed by atoms with Crippen LogP contribution in [0.25, 0.3) is 11.3 Å². The second kappa shape index (κ2) is 8.19. The smallest absolute Gasteiger partial charge is 0.226 e. The Bertz CT molecular complexity index is 610. The molecule has 0 fully saturated rings. The van der Waals surface area contributed by atoms with Gasteiger partial charge in [-0.05, 0) is 18.6 Å². The van der Waals surface area contributed by atoms with Gasteiger partial charge in [0.15, 0.2) is 5.76 Å². The van der Waals surface area contributed by atoms with Gasteiger partial charge in [-0.1, -0.05) is 17.3 Å². The molecule has 0 aliphatic heterocycles. The number of ether oxygens (including phenoxy) is 2. The van der Waals surface area contributed by atoms with E-state index in [4.69, 9.17) is 14.0 Å². The van der Waals surface area contributed by atoms with E-state index in [2.05, 4.69) is 10.5 Å². The van der Waals surface area contributed by atoms with Gasteiger partial charge < -0.3 is 19.3 Å². The molecule has 0 saturated heterocycles. The van der Waals surface area contributed by atoms with Crippen molar-refractivity contribution in [2.45, 2.75) is 12.8 Å². The zero-order chi connectivity index (χ0) is 15.8. The van der Waals surface area contributed by atoms with E-state index in [-0.39, 0.29) is 12.3 Å². The predicted molar refractivity (Wildman–Crippen MR) is 81.7 cm³/mol. The topological polar surface area (TPSA) is 73.6 Å². The lowest BCUT2D eigenvalue weighted by Crippen LogP contribution is -2.26. The first kappa shape index (κ1) is 16.0. The van der Waals surface area contributed by atoms with Crippen LogP contribution < -0.4 is 10.1 Å². The van der Waals surface area contributed by atoms with Gasteiger partial charge in [0.25, 0.3) is 0 Å². The minimum Gasteiger partial charge on any atom is -0.497 e. The summed E-state index contributed by atoms with van der Waals surface area (Å²) in [5.41, 5.74) is 1.46. The molecule has 2 aromatic rings. The largest absolute Gasteiger partial charge is 0.497 e. The first-order valence-corrected chi connectivity index (χ1v) is 7.08. The van der Waals surface area contributed by atoms with E-state index in [9.17, 15) is 4.79 Å². The van der Waals surface area contributed by atoms with Crippen molar-refractivity contribution in [2.75, 3.05) is 27.4 Å². The van der Waals surface area contributed by atoms with E-state index in [0.717, 1.165) is 17.7 Å². The number of carbonyl (C=O) groups is 1. The van der Waals surface area contributed by atoms with Gasteiger partial charge >= 0.3 is 0 Å². The van der Waals surface area contributed by atoms with Gasteiger partial charge in [-0.2, -0.15) is 0 Å². The van der Waals surface area contributed by atoms with Crippen molar-refractivity contribution < 1.29 is 18.8 Å². The number of nitrogens with one attached hydrogen (secondary N) is 1. The molecule has 0 aliphatic carbocycles. The average molecular weight is 304 g/mol. The molecule has 0 bridgehead atoms. The number of hydrogen-bond acceptors (Lipinski definition) is 5. The molecule has 1 aromatic carbocycles. The molecular formula is C16H20N2O4. The van der Waals surface area contributed by atoms with Crippen LogP contribution in [-0.2, 0) is 16.0 Å². The summed E-state index contributed by atoms with van der Waals surface area (Å²) in [6.07, 6.45) is 0.983. The number of amides is 1. The maximum absolute atomic E-state index is 11.8. The Labute approximate surface area is 129 Å². The normalized spacial score (nSPS) is 10.5. The summed E-state index contributed by atoms with van der Waals surface area (Å²) in [5, 5.41) is 6.74. The van der Waals surface area contributed by atoms with Gasteiger partial charge in [-0.15, -0.1) is 0 Å². The molecule has 0 radical (unpaired) electrons.